The van der Waals surface area contributed by atoms with Gasteiger partial charge < -0.3 is 48.5 Å². The minimum Gasteiger partial charge on any atom is -0.494 e. The molecule has 2 aliphatic heterocycles. The number of benzene rings is 4. The number of carbonyl (C=O) groups excluding carboxylic acids is 6. The first-order valence-electron chi connectivity index (χ1n) is 22.7. The van der Waals surface area contributed by atoms with E-state index in [0.29, 0.717) is 84.0 Å². The summed E-state index contributed by atoms with van der Waals surface area (Å²) < 4.78 is 44.1. The van der Waals surface area contributed by atoms with Gasteiger partial charge in [0.2, 0.25) is 0 Å². The fourth-order valence-electron chi connectivity index (χ4n) is 7.03. The standard InChI is InChI=1S/C54H50N4O14/c1-3-47(59)67-27-7-5-25-65-43-21-13-37(14-22-43)51(61)57-41-17-9-35(10-18-41)29-39(31-55)53(63)71-45-33-69-50-46(34-70-49(45)50)72-54(64)40(32-56)30-36-11-19-42(20-12-36)58-52(62)38-15-23-44(24-16-38)66-26-6-8-28-68-48(60)4-2/h3-4,9-24,29-30,45-46,49-50H,1-2,5-8,25-28,33-34H2,(H,57,61)(H,58,62)/b39-29+,40-30+/t45-,46+,49-,50-/m1/s1. The van der Waals surface area contributed by atoms with E-state index in [2.05, 4.69) is 23.8 Å². The number of carbonyl (C=O) groups is 6. The van der Waals surface area contributed by atoms with Gasteiger partial charge in [-0.2, -0.15) is 10.5 Å². The van der Waals surface area contributed by atoms with Crippen LogP contribution in [0.4, 0.5) is 11.4 Å². The van der Waals surface area contributed by atoms with Crippen LogP contribution in [0.3, 0.4) is 0 Å². The molecule has 2 heterocycles. The summed E-state index contributed by atoms with van der Waals surface area (Å²) in [6.45, 7) is 7.85. The number of hydrogen-bond donors (Lipinski definition) is 2. The summed E-state index contributed by atoms with van der Waals surface area (Å²) >= 11 is 0. The lowest BCUT2D eigenvalue weighted by Crippen LogP contribution is -2.36. The van der Waals surface area contributed by atoms with Gasteiger partial charge in [0.05, 0.1) is 39.6 Å². The molecule has 2 fully saturated rings. The highest BCUT2D eigenvalue weighted by Gasteiger charge is 2.51. The Kier molecular flexibility index (Phi) is 19.5. The Morgan fingerprint density at radius 2 is 0.903 bits per heavy atom. The van der Waals surface area contributed by atoms with Crippen LogP contribution >= 0.6 is 0 Å². The molecule has 4 atom stereocenters. The van der Waals surface area contributed by atoms with Crippen LogP contribution in [-0.2, 0) is 47.6 Å². The monoisotopic (exact) mass is 978 g/mol. The number of nitrogens with zero attached hydrogens (tertiary/aromatic N) is 2. The summed E-state index contributed by atoms with van der Waals surface area (Å²) in [5, 5.41) is 25.3. The van der Waals surface area contributed by atoms with Gasteiger partial charge in [0, 0.05) is 34.7 Å². The molecule has 370 valence electrons. The van der Waals surface area contributed by atoms with Gasteiger partial charge >= 0.3 is 23.9 Å². The Morgan fingerprint density at radius 1 is 0.542 bits per heavy atom. The van der Waals surface area contributed by atoms with Crippen LogP contribution in [-0.4, -0.2) is 99.7 Å². The van der Waals surface area contributed by atoms with E-state index in [9.17, 15) is 39.3 Å². The molecule has 2 saturated heterocycles. The van der Waals surface area contributed by atoms with Crippen LogP contribution in [0.25, 0.3) is 12.2 Å². The average molecular weight is 979 g/mol. The molecular weight excluding hydrogens is 929 g/mol. The molecule has 2 amide bonds. The summed E-state index contributed by atoms with van der Waals surface area (Å²) in [4.78, 5) is 74.3. The quantitative estimate of drug-likeness (QED) is 0.0234. The number of fused-ring (bicyclic) bond motifs is 1. The van der Waals surface area contributed by atoms with Crippen molar-refractivity contribution in [1.82, 2.24) is 0 Å². The lowest BCUT2D eigenvalue weighted by molar-refractivity contribution is -0.150. The van der Waals surface area contributed by atoms with Crippen molar-refractivity contribution in [2.24, 2.45) is 0 Å². The minimum atomic E-state index is -0.926. The van der Waals surface area contributed by atoms with E-state index >= 15 is 0 Å². The van der Waals surface area contributed by atoms with Crippen molar-refractivity contribution in [2.45, 2.75) is 50.1 Å². The molecule has 0 saturated carbocycles. The highest BCUT2D eigenvalue weighted by atomic mass is 16.7. The van der Waals surface area contributed by atoms with Gasteiger partial charge in [-0.25, -0.2) is 19.2 Å². The van der Waals surface area contributed by atoms with E-state index < -0.39 is 48.3 Å². The van der Waals surface area contributed by atoms with Crippen LogP contribution in [0.15, 0.2) is 134 Å². The maximum absolute atomic E-state index is 13.2. The number of nitriles is 2. The number of unbranched alkanes of at least 4 members (excludes halogenated alkanes) is 2. The number of anilines is 2. The van der Waals surface area contributed by atoms with Gasteiger partial charge in [0.1, 0.15) is 47.0 Å². The SMILES string of the molecule is C=CC(=O)OCCCCOc1ccc(C(=O)Nc2ccc(/C=C(\C#N)C(=O)O[C@H]3CO[C@H]4[C@@H]3OC[C@H]4OC(=O)/C(C#N)=C/c3ccc(NC(=O)c4ccc(OCCCCOC(=O)C=C)cc4)cc3)cc2)cc1. The Morgan fingerprint density at radius 3 is 1.25 bits per heavy atom. The largest absolute Gasteiger partial charge is 0.494 e. The molecule has 0 spiro atoms. The third-order valence-corrected chi connectivity index (χ3v) is 10.8. The van der Waals surface area contributed by atoms with Crippen LogP contribution in [0.1, 0.15) is 57.5 Å². The second-order valence-corrected chi connectivity index (χ2v) is 15.9. The Balaban J connectivity index is 0.922. The normalized spacial score (nSPS) is 16.9. The molecule has 6 rings (SSSR count). The molecule has 4 aromatic rings. The molecule has 0 radical (unpaired) electrons. The van der Waals surface area contributed by atoms with Gasteiger partial charge in [-0.3, -0.25) is 9.59 Å². The molecule has 72 heavy (non-hydrogen) atoms. The van der Waals surface area contributed by atoms with Crippen molar-refractivity contribution in [3.63, 3.8) is 0 Å². The summed E-state index contributed by atoms with van der Waals surface area (Å²) in [6.07, 6.45) is 4.01. The zero-order valence-electron chi connectivity index (χ0n) is 39.0. The van der Waals surface area contributed by atoms with E-state index in [1.807, 2.05) is 12.1 Å². The first-order chi connectivity index (χ1) is 35.0. The summed E-state index contributed by atoms with van der Waals surface area (Å²) in [7, 11) is 0. The van der Waals surface area contributed by atoms with Crippen LogP contribution in [0.2, 0.25) is 0 Å². The molecular formula is C54H50N4O14. The van der Waals surface area contributed by atoms with Crippen LogP contribution in [0.5, 0.6) is 11.5 Å². The zero-order valence-corrected chi connectivity index (χ0v) is 39.0. The van der Waals surface area contributed by atoms with Crippen molar-refractivity contribution in [1.29, 1.82) is 10.5 Å². The smallest absolute Gasteiger partial charge is 0.349 e. The van der Waals surface area contributed by atoms with Gasteiger partial charge in [-0.05, 0) is 122 Å². The molecule has 0 bridgehead atoms. The highest BCUT2D eigenvalue weighted by molar-refractivity contribution is 6.05. The third kappa shape index (κ3) is 15.6. The summed E-state index contributed by atoms with van der Waals surface area (Å²) in [5.74, 6) is -2.37. The average Bonchev–Trinajstić information content (AvgIpc) is 4.00. The topological polar surface area (TPSA) is 248 Å². The molecule has 2 N–H and O–H groups in total. The second-order valence-electron chi connectivity index (χ2n) is 15.9. The van der Waals surface area contributed by atoms with E-state index in [1.165, 1.54) is 12.2 Å². The van der Waals surface area contributed by atoms with Crippen LogP contribution < -0.4 is 20.1 Å². The van der Waals surface area contributed by atoms with E-state index in [0.717, 1.165) is 12.2 Å². The molecule has 4 aromatic carbocycles. The van der Waals surface area contributed by atoms with E-state index in [4.69, 9.17) is 37.9 Å². The zero-order chi connectivity index (χ0) is 51.2. The van der Waals surface area contributed by atoms with Gasteiger partial charge in [0.15, 0.2) is 12.2 Å². The minimum absolute atomic E-state index is 0.0999. The van der Waals surface area contributed by atoms with E-state index in [1.54, 1.807) is 97.1 Å². The van der Waals surface area contributed by atoms with Crippen LogP contribution in [0, 0.1) is 22.7 Å². The molecule has 18 nitrogen and oxygen atoms in total. The lowest BCUT2D eigenvalue weighted by atomic mass is 10.1. The predicted molar refractivity (Wildman–Crippen MR) is 260 cm³/mol. The van der Waals surface area contributed by atoms with Gasteiger partial charge in [-0.15, -0.1) is 0 Å². The third-order valence-electron chi connectivity index (χ3n) is 10.8. The second kappa shape index (κ2) is 26.8. The van der Waals surface area contributed by atoms with E-state index in [-0.39, 0.29) is 49.4 Å². The van der Waals surface area contributed by atoms with Crippen molar-refractivity contribution in [2.75, 3.05) is 50.3 Å². The van der Waals surface area contributed by atoms with Crippen molar-refractivity contribution >= 4 is 59.2 Å². The Hall–Kier alpha value is -8.84. The van der Waals surface area contributed by atoms with Crippen molar-refractivity contribution in [3.8, 4) is 23.6 Å². The number of rotatable bonds is 24. The number of hydrogen-bond acceptors (Lipinski definition) is 16. The molecule has 18 heteroatoms. The molecule has 0 aromatic heterocycles. The number of amides is 2. The Labute approximate surface area is 415 Å². The Bertz CT molecular complexity index is 2550. The summed E-state index contributed by atoms with van der Waals surface area (Å²) in [5.41, 5.74) is 2.08. The van der Waals surface area contributed by atoms with Gasteiger partial charge in [0.25, 0.3) is 11.8 Å². The number of esters is 4. The number of ether oxygens (including phenoxy) is 8. The van der Waals surface area contributed by atoms with Gasteiger partial charge in [-0.1, -0.05) is 37.4 Å². The molecule has 0 unspecified atom stereocenters. The maximum atomic E-state index is 13.2. The van der Waals surface area contributed by atoms with Crippen molar-refractivity contribution in [3.05, 3.63) is 156 Å². The summed E-state index contributed by atoms with van der Waals surface area (Å²) in [6, 6.07) is 29.8. The first kappa shape index (κ1) is 52.5. The van der Waals surface area contributed by atoms with Crippen molar-refractivity contribution < 1.29 is 66.7 Å². The molecule has 0 aliphatic carbocycles. The predicted octanol–water partition coefficient (Wildman–Crippen LogP) is 7.10. The fraction of sp³-hybridized carbons (Fsp3) is 0.259. The first-order valence-corrected chi connectivity index (χ1v) is 22.7. The fourth-order valence-corrected chi connectivity index (χ4v) is 7.03. The number of nitrogens with one attached hydrogen (secondary N) is 2. The maximum Gasteiger partial charge on any atom is 0.349 e. The highest BCUT2D eigenvalue weighted by Crippen LogP contribution is 2.32. The molecule has 2 aliphatic rings. The lowest BCUT2D eigenvalue weighted by Gasteiger charge is -2.17.